The van der Waals surface area contributed by atoms with Crippen molar-refractivity contribution >= 4 is 0 Å². The lowest BCUT2D eigenvalue weighted by Gasteiger charge is -2.55. The van der Waals surface area contributed by atoms with Crippen LogP contribution in [0.15, 0.2) is 54.8 Å². The average molecular weight is 660 g/mol. The minimum atomic E-state index is -0.493. The van der Waals surface area contributed by atoms with Crippen molar-refractivity contribution in [3.05, 3.63) is 71.5 Å². The first-order chi connectivity index (χ1) is 21.4. The number of hydrogen-bond acceptors (Lipinski definition) is 3. The molecule has 272 valence electrons. The summed E-state index contributed by atoms with van der Waals surface area (Å²) in [7, 11) is 4.61. The number of nitrogens with zero attached hydrogens (tertiary/aromatic N) is 2. The van der Waals surface area contributed by atoms with Gasteiger partial charge in [0.25, 0.3) is 0 Å². The van der Waals surface area contributed by atoms with Crippen LogP contribution in [0.1, 0.15) is 159 Å². The topological polar surface area (TPSA) is 18.5 Å². The molecule has 2 saturated heterocycles. The zero-order valence-electron chi connectivity index (χ0n) is 34.9. The molecule has 0 spiro atoms. The van der Waals surface area contributed by atoms with Crippen LogP contribution in [0.4, 0.5) is 0 Å². The van der Waals surface area contributed by atoms with E-state index in [-0.39, 0.29) is 33.0 Å². The number of allylic oxidation sites excluding steroid dienone is 1. The maximum absolute atomic E-state index is 5.02. The third kappa shape index (κ3) is 8.90. The van der Waals surface area contributed by atoms with Crippen LogP contribution in [-0.2, 0) is 17.3 Å². The van der Waals surface area contributed by atoms with Gasteiger partial charge in [0.1, 0.15) is 0 Å². The Bertz CT molecular complexity index is 1230. The average Bonchev–Trinajstić information content (AvgIpc) is 2.87. The van der Waals surface area contributed by atoms with Crippen LogP contribution < -0.4 is 5.32 Å². The molecule has 3 rings (SSSR count). The van der Waals surface area contributed by atoms with Crippen molar-refractivity contribution in [3.8, 4) is 0 Å². The summed E-state index contributed by atoms with van der Waals surface area (Å²) in [6.07, 6.45) is 7.42. The second-order valence-electron chi connectivity index (χ2n) is 20.9. The van der Waals surface area contributed by atoms with Gasteiger partial charge in [-0.15, -0.1) is 0 Å². The lowest BCUT2D eigenvalue weighted by molar-refractivity contribution is -0.0310. The second-order valence-corrected chi connectivity index (χ2v) is 20.9. The Morgan fingerprint density at radius 3 is 1.23 bits per heavy atom. The van der Waals surface area contributed by atoms with Crippen molar-refractivity contribution < 1.29 is 0 Å². The maximum Gasteiger partial charge on any atom is 0.0831 e. The molecule has 0 unspecified atom stereocenters. The SMILES string of the molecule is C=C(C)NC(Cc1cc(C(C)(C)C)cc(C(C)(C)C)c1)(C(=C)CC1CC(C)(C)N(C)C(C)(C)C1)C(=C)CC1CC(C)(C)N(C)C(C)(C)C1. The second kappa shape index (κ2) is 13.4. The van der Waals surface area contributed by atoms with E-state index >= 15 is 0 Å². The van der Waals surface area contributed by atoms with Crippen molar-refractivity contribution in [1.29, 1.82) is 0 Å². The van der Waals surface area contributed by atoms with Crippen molar-refractivity contribution in [2.24, 2.45) is 11.8 Å². The number of likely N-dealkylation sites (tertiary alicyclic amines) is 2. The van der Waals surface area contributed by atoms with Gasteiger partial charge in [-0.3, -0.25) is 9.80 Å². The number of nitrogens with one attached hydrogen (secondary N) is 1. The van der Waals surface area contributed by atoms with Gasteiger partial charge in [0.2, 0.25) is 0 Å². The zero-order valence-corrected chi connectivity index (χ0v) is 34.9. The van der Waals surface area contributed by atoms with Gasteiger partial charge in [-0.25, -0.2) is 0 Å². The summed E-state index contributed by atoms with van der Waals surface area (Å²) in [5.74, 6) is 1.09. The molecule has 48 heavy (non-hydrogen) atoms. The van der Waals surface area contributed by atoms with Crippen LogP contribution in [0.3, 0.4) is 0 Å². The van der Waals surface area contributed by atoms with E-state index in [2.05, 4.69) is 158 Å². The quantitative estimate of drug-likeness (QED) is 0.252. The van der Waals surface area contributed by atoms with Gasteiger partial charge in [0, 0.05) is 34.3 Å². The molecule has 1 aromatic carbocycles. The lowest BCUT2D eigenvalue weighted by Crippen LogP contribution is -2.59. The summed E-state index contributed by atoms with van der Waals surface area (Å²) < 4.78 is 0. The molecule has 0 amide bonds. The van der Waals surface area contributed by atoms with Crippen LogP contribution in [0.5, 0.6) is 0 Å². The molecule has 2 aliphatic rings. The minimum absolute atomic E-state index is 0.0467. The van der Waals surface area contributed by atoms with E-state index in [4.69, 9.17) is 13.2 Å². The van der Waals surface area contributed by atoms with E-state index in [9.17, 15) is 0 Å². The molecule has 1 aromatic rings. The normalized spacial score (nSPS) is 22.4. The first-order valence-electron chi connectivity index (χ1n) is 18.9. The van der Waals surface area contributed by atoms with Crippen molar-refractivity contribution in [2.45, 2.75) is 187 Å². The Kier molecular flexibility index (Phi) is 11.3. The zero-order chi connectivity index (χ0) is 37.1. The monoisotopic (exact) mass is 660 g/mol. The van der Waals surface area contributed by atoms with Crippen LogP contribution in [0, 0.1) is 11.8 Å². The standard InChI is InChI=1S/C45H77N3/c1-31(2)46-45(32(3)21-35-26-41(11,12)47(19)42(13,14)27-35,33(4)22-36-28-43(15,16)48(20)44(17,18)29-36)30-34-23-37(39(5,6)7)25-38(24-34)40(8,9)10/h23-25,35-36,46H,1,3-4,21-22,26-30H2,2,5-20H3. The first-order valence-corrected chi connectivity index (χ1v) is 18.9. The lowest BCUT2D eigenvalue weighted by atomic mass is 9.66. The summed E-state index contributed by atoms with van der Waals surface area (Å²) in [4.78, 5) is 5.18. The molecule has 0 bridgehead atoms. The molecule has 3 nitrogen and oxygen atoms in total. The molecule has 0 radical (unpaired) electrons. The predicted octanol–water partition coefficient (Wildman–Crippen LogP) is 11.4. The summed E-state index contributed by atoms with van der Waals surface area (Å²) in [5, 5.41) is 4.02. The molecule has 0 aliphatic carbocycles. The highest BCUT2D eigenvalue weighted by molar-refractivity contribution is 5.43. The molecule has 2 aliphatic heterocycles. The largest absolute Gasteiger partial charge is 0.376 e. The van der Waals surface area contributed by atoms with Gasteiger partial charge in [-0.2, -0.15) is 0 Å². The van der Waals surface area contributed by atoms with Crippen LogP contribution in [-0.4, -0.2) is 51.6 Å². The van der Waals surface area contributed by atoms with Crippen molar-refractivity contribution in [3.63, 3.8) is 0 Å². The third-order valence-corrected chi connectivity index (χ3v) is 12.7. The summed E-state index contributed by atoms with van der Waals surface area (Å²) in [5.41, 5.74) is 7.76. The van der Waals surface area contributed by atoms with Crippen LogP contribution in [0.25, 0.3) is 0 Å². The Morgan fingerprint density at radius 2 is 0.958 bits per heavy atom. The molecule has 2 heterocycles. The van der Waals surface area contributed by atoms with Crippen LogP contribution in [0.2, 0.25) is 0 Å². The fraction of sp³-hybridized carbons (Fsp3) is 0.733. The van der Waals surface area contributed by atoms with Crippen LogP contribution >= 0.6 is 0 Å². The van der Waals surface area contributed by atoms with Gasteiger partial charge in [0.05, 0.1) is 5.54 Å². The van der Waals surface area contributed by atoms with Gasteiger partial charge >= 0.3 is 0 Å². The molecule has 1 N–H and O–H groups in total. The Balaban J connectivity index is 2.18. The van der Waals surface area contributed by atoms with Gasteiger partial charge in [0.15, 0.2) is 0 Å². The maximum atomic E-state index is 5.02. The molecule has 2 fully saturated rings. The molecule has 0 aromatic heterocycles. The highest BCUT2D eigenvalue weighted by atomic mass is 15.2. The Hall–Kier alpha value is -1.84. The van der Waals surface area contributed by atoms with Gasteiger partial charge < -0.3 is 5.32 Å². The van der Waals surface area contributed by atoms with Gasteiger partial charge in [-0.1, -0.05) is 79.5 Å². The van der Waals surface area contributed by atoms with Crippen molar-refractivity contribution in [2.75, 3.05) is 14.1 Å². The van der Waals surface area contributed by atoms with Gasteiger partial charge in [-0.05, 0) is 165 Å². The molecule has 0 atom stereocenters. The summed E-state index contributed by atoms with van der Waals surface area (Å²) >= 11 is 0. The van der Waals surface area contributed by atoms with E-state index in [1.54, 1.807) is 0 Å². The van der Waals surface area contributed by atoms with E-state index < -0.39 is 5.54 Å². The summed E-state index contributed by atoms with van der Waals surface area (Å²) in [6, 6.07) is 7.37. The fourth-order valence-electron chi connectivity index (χ4n) is 9.54. The molecular formula is C45H77N3. The Morgan fingerprint density at radius 1 is 0.646 bits per heavy atom. The number of rotatable bonds is 10. The van der Waals surface area contributed by atoms with E-state index in [1.165, 1.54) is 27.8 Å². The number of hydrogen-bond donors (Lipinski definition) is 1. The first kappa shape index (κ1) is 40.6. The molecular weight excluding hydrogens is 583 g/mol. The number of benzene rings is 1. The minimum Gasteiger partial charge on any atom is -0.376 e. The smallest absolute Gasteiger partial charge is 0.0831 e. The fourth-order valence-corrected chi connectivity index (χ4v) is 9.54. The van der Waals surface area contributed by atoms with E-state index in [0.717, 1.165) is 50.6 Å². The van der Waals surface area contributed by atoms with E-state index in [0.29, 0.717) is 11.8 Å². The summed E-state index contributed by atoms with van der Waals surface area (Å²) in [6.45, 7) is 50.0. The Labute approximate surface area is 299 Å². The highest BCUT2D eigenvalue weighted by Crippen LogP contribution is 2.48. The number of piperidine rings is 2. The van der Waals surface area contributed by atoms with E-state index in [1.807, 2.05) is 0 Å². The molecule has 0 saturated carbocycles. The molecule has 3 heteroatoms. The predicted molar refractivity (Wildman–Crippen MR) is 213 cm³/mol. The third-order valence-electron chi connectivity index (χ3n) is 12.7. The highest BCUT2D eigenvalue weighted by Gasteiger charge is 2.47. The van der Waals surface area contributed by atoms with Crippen molar-refractivity contribution in [1.82, 2.24) is 15.1 Å².